The maximum Gasteiger partial charge on any atom is 0.416 e. The van der Waals surface area contributed by atoms with Gasteiger partial charge in [-0.2, -0.15) is 13.2 Å². The molecule has 1 aromatic heterocycles. The third kappa shape index (κ3) is 3.37. The molecule has 0 radical (unpaired) electrons. The van der Waals surface area contributed by atoms with E-state index in [0.29, 0.717) is 11.3 Å². The van der Waals surface area contributed by atoms with Gasteiger partial charge < -0.3 is 5.32 Å². The van der Waals surface area contributed by atoms with Crippen molar-refractivity contribution in [1.29, 1.82) is 0 Å². The fraction of sp³-hybridized carbons (Fsp3) is 0.111. The molecule has 24 heavy (non-hydrogen) atoms. The van der Waals surface area contributed by atoms with Crippen molar-refractivity contribution in [2.75, 3.05) is 0 Å². The van der Waals surface area contributed by atoms with Crippen LogP contribution >= 0.6 is 0 Å². The van der Waals surface area contributed by atoms with E-state index in [9.17, 15) is 18.0 Å². The fourth-order valence-corrected chi connectivity index (χ4v) is 2.38. The summed E-state index contributed by atoms with van der Waals surface area (Å²) in [6.07, 6.45) is -2.82. The van der Waals surface area contributed by atoms with Crippen molar-refractivity contribution in [3.8, 4) is 0 Å². The van der Waals surface area contributed by atoms with Crippen molar-refractivity contribution in [3.63, 3.8) is 0 Å². The van der Waals surface area contributed by atoms with Crippen LogP contribution in [0.5, 0.6) is 0 Å². The van der Waals surface area contributed by atoms with Gasteiger partial charge in [0.15, 0.2) is 0 Å². The number of halogens is 3. The van der Waals surface area contributed by atoms with Crippen LogP contribution in [0.1, 0.15) is 21.6 Å². The van der Waals surface area contributed by atoms with Crippen LogP contribution in [-0.2, 0) is 12.7 Å². The molecule has 3 rings (SSSR count). The van der Waals surface area contributed by atoms with Crippen LogP contribution in [0.3, 0.4) is 0 Å². The summed E-state index contributed by atoms with van der Waals surface area (Å²) in [5.41, 5.74) is 0.157. The van der Waals surface area contributed by atoms with E-state index in [-0.39, 0.29) is 12.5 Å². The number of pyridine rings is 1. The van der Waals surface area contributed by atoms with Gasteiger partial charge in [0.25, 0.3) is 5.91 Å². The minimum Gasteiger partial charge on any atom is -0.347 e. The summed E-state index contributed by atoms with van der Waals surface area (Å²) >= 11 is 0. The van der Waals surface area contributed by atoms with Gasteiger partial charge in [-0.25, -0.2) is 0 Å². The summed E-state index contributed by atoms with van der Waals surface area (Å²) < 4.78 is 37.6. The van der Waals surface area contributed by atoms with Gasteiger partial charge in [-0.3, -0.25) is 9.78 Å². The number of aromatic nitrogens is 1. The highest BCUT2D eigenvalue weighted by Crippen LogP contribution is 2.29. The third-order valence-electron chi connectivity index (χ3n) is 3.62. The van der Waals surface area contributed by atoms with Gasteiger partial charge >= 0.3 is 6.18 Å². The Morgan fingerprint density at radius 1 is 1.00 bits per heavy atom. The number of hydrogen-bond donors (Lipinski definition) is 1. The zero-order valence-corrected chi connectivity index (χ0v) is 12.5. The molecule has 0 atom stereocenters. The van der Waals surface area contributed by atoms with Crippen molar-refractivity contribution in [3.05, 3.63) is 77.6 Å². The molecule has 1 heterocycles. The van der Waals surface area contributed by atoms with Crippen molar-refractivity contribution in [2.24, 2.45) is 0 Å². The van der Waals surface area contributed by atoms with Crippen molar-refractivity contribution in [1.82, 2.24) is 10.3 Å². The van der Waals surface area contributed by atoms with Crippen molar-refractivity contribution < 1.29 is 18.0 Å². The van der Waals surface area contributed by atoms with E-state index < -0.39 is 11.7 Å². The summed E-state index contributed by atoms with van der Waals surface area (Å²) in [6.45, 7) is 0.127. The summed E-state index contributed by atoms with van der Waals surface area (Å²) in [4.78, 5) is 16.4. The van der Waals surface area contributed by atoms with Crippen LogP contribution in [0.2, 0.25) is 0 Å². The van der Waals surface area contributed by atoms with Gasteiger partial charge in [-0.05, 0) is 29.1 Å². The number of carbonyl (C=O) groups is 1. The first-order valence-electron chi connectivity index (χ1n) is 7.23. The van der Waals surface area contributed by atoms with Gasteiger partial charge in [0.1, 0.15) is 5.69 Å². The Balaban J connectivity index is 1.73. The lowest BCUT2D eigenvalue weighted by Gasteiger charge is -2.09. The summed E-state index contributed by atoms with van der Waals surface area (Å²) in [6, 6.07) is 13.9. The van der Waals surface area contributed by atoms with E-state index in [0.717, 1.165) is 22.9 Å². The van der Waals surface area contributed by atoms with Gasteiger partial charge in [-0.15, -0.1) is 0 Å². The van der Waals surface area contributed by atoms with Gasteiger partial charge in [0.2, 0.25) is 0 Å². The van der Waals surface area contributed by atoms with Crippen LogP contribution in [0.25, 0.3) is 10.8 Å². The quantitative estimate of drug-likeness (QED) is 0.783. The second kappa shape index (κ2) is 6.31. The first kappa shape index (κ1) is 16.0. The number of benzene rings is 2. The Labute approximate surface area is 136 Å². The van der Waals surface area contributed by atoms with Crippen molar-refractivity contribution >= 4 is 16.7 Å². The highest BCUT2D eigenvalue weighted by Gasteiger charge is 2.29. The number of alkyl halides is 3. The number of fused-ring (bicyclic) bond motifs is 1. The van der Waals surface area contributed by atoms with Crippen molar-refractivity contribution in [2.45, 2.75) is 12.7 Å². The van der Waals surface area contributed by atoms with E-state index in [4.69, 9.17) is 0 Å². The van der Waals surface area contributed by atoms with Crippen LogP contribution in [0, 0.1) is 0 Å². The molecule has 0 saturated heterocycles. The number of rotatable bonds is 3. The first-order valence-corrected chi connectivity index (χ1v) is 7.23. The Morgan fingerprint density at radius 3 is 2.42 bits per heavy atom. The Hall–Kier alpha value is -2.89. The molecule has 1 amide bonds. The molecule has 0 saturated carbocycles. The molecule has 0 bridgehead atoms. The normalized spacial score (nSPS) is 11.5. The fourth-order valence-electron chi connectivity index (χ4n) is 2.38. The Morgan fingerprint density at radius 2 is 1.71 bits per heavy atom. The zero-order valence-electron chi connectivity index (χ0n) is 12.5. The molecule has 0 aliphatic heterocycles. The lowest BCUT2D eigenvalue weighted by Crippen LogP contribution is -2.24. The van der Waals surface area contributed by atoms with Gasteiger partial charge in [-0.1, -0.05) is 36.4 Å². The smallest absolute Gasteiger partial charge is 0.347 e. The standard InChI is InChI=1S/C18H13F3N2O/c19-18(20,21)14-7-5-12(6-8-14)11-23-17(24)16-15-4-2-1-3-13(15)9-10-22-16/h1-10H,11H2,(H,23,24). The number of hydrogen-bond acceptors (Lipinski definition) is 2. The van der Waals surface area contributed by atoms with E-state index in [2.05, 4.69) is 10.3 Å². The molecule has 0 unspecified atom stereocenters. The van der Waals surface area contributed by atoms with Crippen LogP contribution < -0.4 is 5.32 Å². The Bertz CT molecular complexity index is 868. The number of nitrogens with zero attached hydrogens (tertiary/aromatic N) is 1. The minimum absolute atomic E-state index is 0.127. The zero-order chi connectivity index (χ0) is 17.2. The first-order chi connectivity index (χ1) is 11.4. The van der Waals surface area contributed by atoms with Crippen LogP contribution in [-0.4, -0.2) is 10.9 Å². The third-order valence-corrected chi connectivity index (χ3v) is 3.62. The lowest BCUT2D eigenvalue weighted by molar-refractivity contribution is -0.137. The summed E-state index contributed by atoms with van der Waals surface area (Å²) in [7, 11) is 0. The summed E-state index contributed by atoms with van der Waals surface area (Å²) in [5, 5.41) is 4.31. The molecular formula is C18H13F3N2O. The molecule has 0 spiro atoms. The molecule has 0 aliphatic rings. The molecule has 3 nitrogen and oxygen atoms in total. The second-order valence-electron chi connectivity index (χ2n) is 5.26. The average Bonchev–Trinajstić information content (AvgIpc) is 2.59. The predicted molar refractivity (Wildman–Crippen MR) is 84.4 cm³/mol. The molecular weight excluding hydrogens is 317 g/mol. The maximum atomic E-state index is 12.5. The highest BCUT2D eigenvalue weighted by molar-refractivity contribution is 6.05. The van der Waals surface area contributed by atoms with Crippen LogP contribution in [0.4, 0.5) is 13.2 Å². The molecule has 1 N–H and O–H groups in total. The topological polar surface area (TPSA) is 42.0 Å². The van der Waals surface area contributed by atoms with E-state index >= 15 is 0 Å². The van der Waals surface area contributed by atoms with E-state index in [1.807, 2.05) is 24.3 Å². The molecule has 0 aliphatic carbocycles. The van der Waals surface area contributed by atoms with Crippen LogP contribution in [0.15, 0.2) is 60.8 Å². The van der Waals surface area contributed by atoms with Gasteiger partial charge in [0.05, 0.1) is 5.56 Å². The summed E-state index contributed by atoms with van der Waals surface area (Å²) in [5.74, 6) is -0.369. The average molecular weight is 330 g/mol. The lowest BCUT2D eigenvalue weighted by atomic mass is 10.1. The molecule has 2 aromatic carbocycles. The molecule has 122 valence electrons. The SMILES string of the molecule is O=C(NCc1ccc(C(F)(F)F)cc1)c1nccc2ccccc12. The molecule has 0 fully saturated rings. The molecule has 6 heteroatoms. The Kier molecular flexibility index (Phi) is 4.20. The highest BCUT2D eigenvalue weighted by atomic mass is 19.4. The monoisotopic (exact) mass is 330 g/mol. The van der Waals surface area contributed by atoms with E-state index in [1.54, 1.807) is 12.3 Å². The van der Waals surface area contributed by atoms with E-state index in [1.165, 1.54) is 12.1 Å². The second-order valence-corrected chi connectivity index (χ2v) is 5.26. The number of carbonyl (C=O) groups excluding carboxylic acids is 1. The largest absolute Gasteiger partial charge is 0.416 e. The maximum absolute atomic E-state index is 12.5. The van der Waals surface area contributed by atoms with Gasteiger partial charge in [0, 0.05) is 18.1 Å². The predicted octanol–water partition coefficient (Wildman–Crippen LogP) is 4.18. The minimum atomic E-state index is -4.37. The number of nitrogens with one attached hydrogen (secondary N) is 1. The molecule has 3 aromatic rings. The number of amides is 1.